The van der Waals surface area contributed by atoms with E-state index in [9.17, 15) is 4.79 Å². The minimum Gasteiger partial charge on any atom is -0.376 e. The Kier molecular flexibility index (Phi) is 6.28. The fourth-order valence-electron chi connectivity index (χ4n) is 2.28. The highest BCUT2D eigenvalue weighted by atomic mass is 35.5. The number of rotatable bonds is 7. The van der Waals surface area contributed by atoms with E-state index in [0.717, 1.165) is 29.1 Å². The van der Waals surface area contributed by atoms with Gasteiger partial charge in [-0.25, -0.2) is 0 Å². The second-order valence-corrected chi connectivity index (χ2v) is 5.53. The van der Waals surface area contributed by atoms with Crippen molar-refractivity contribution in [2.75, 3.05) is 18.4 Å². The van der Waals surface area contributed by atoms with Gasteiger partial charge in [0.15, 0.2) is 0 Å². The minimum absolute atomic E-state index is 0.00654. The molecule has 3 nitrogen and oxygen atoms in total. The van der Waals surface area contributed by atoms with Gasteiger partial charge in [-0.15, -0.1) is 0 Å². The Morgan fingerprint density at radius 1 is 1.14 bits per heavy atom. The fraction of sp³-hybridized carbons (Fsp3) is 0.278. The van der Waals surface area contributed by atoms with Gasteiger partial charge in [0, 0.05) is 17.3 Å². The topological polar surface area (TPSA) is 41.1 Å². The quantitative estimate of drug-likeness (QED) is 0.818. The second-order valence-electron chi connectivity index (χ2n) is 5.09. The lowest BCUT2D eigenvalue weighted by molar-refractivity contribution is -0.119. The molecule has 0 aliphatic carbocycles. The van der Waals surface area contributed by atoms with Crippen LogP contribution >= 0.6 is 11.6 Å². The van der Waals surface area contributed by atoms with Crippen molar-refractivity contribution in [3.8, 4) is 0 Å². The minimum atomic E-state index is -0.00654. The smallest absolute Gasteiger partial charge is 0.239 e. The maximum absolute atomic E-state index is 11.9. The van der Waals surface area contributed by atoms with E-state index < -0.39 is 0 Å². The summed E-state index contributed by atoms with van der Waals surface area (Å²) >= 11 is 5.94. The number of anilines is 1. The molecule has 0 saturated carbocycles. The molecule has 0 heterocycles. The van der Waals surface area contributed by atoms with Gasteiger partial charge in [-0.1, -0.05) is 48.9 Å². The maximum atomic E-state index is 11.9. The molecule has 4 heteroatoms. The van der Waals surface area contributed by atoms with Gasteiger partial charge in [-0.2, -0.15) is 0 Å². The number of halogens is 1. The van der Waals surface area contributed by atoms with Gasteiger partial charge in [0.1, 0.15) is 0 Å². The molecule has 0 unspecified atom stereocenters. The van der Waals surface area contributed by atoms with Gasteiger partial charge in [0.25, 0.3) is 0 Å². The number of aryl methyl sites for hydroxylation is 1. The van der Waals surface area contributed by atoms with Crippen LogP contribution in [0.4, 0.5) is 5.69 Å². The highest BCUT2D eigenvalue weighted by molar-refractivity contribution is 6.30. The predicted octanol–water partition coefficient (Wildman–Crippen LogP) is 3.67. The van der Waals surface area contributed by atoms with Crippen molar-refractivity contribution in [3.05, 3.63) is 64.7 Å². The van der Waals surface area contributed by atoms with E-state index in [1.807, 2.05) is 42.5 Å². The average Bonchev–Trinajstić information content (AvgIpc) is 2.53. The largest absolute Gasteiger partial charge is 0.376 e. The summed E-state index contributed by atoms with van der Waals surface area (Å²) in [5.41, 5.74) is 3.36. The highest BCUT2D eigenvalue weighted by Gasteiger charge is 2.03. The van der Waals surface area contributed by atoms with Crippen molar-refractivity contribution >= 4 is 23.2 Å². The Balaban J connectivity index is 1.74. The summed E-state index contributed by atoms with van der Waals surface area (Å²) in [6, 6.07) is 15.7. The summed E-state index contributed by atoms with van der Waals surface area (Å²) in [5, 5.41) is 6.83. The Bertz CT molecular complexity index is 628. The van der Waals surface area contributed by atoms with Crippen LogP contribution in [-0.4, -0.2) is 19.0 Å². The molecule has 0 saturated heterocycles. The van der Waals surface area contributed by atoms with Crippen molar-refractivity contribution in [2.24, 2.45) is 0 Å². The second kappa shape index (κ2) is 8.44. The van der Waals surface area contributed by atoms with E-state index in [4.69, 9.17) is 11.6 Å². The summed E-state index contributed by atoms with van der Waals surface area (Å²) in [4.78, 5) is 11.9. The number of carbonyl (C=O) groups is 1. The maximum Gasteiger partial charge on any atom is 0.239 e. The van der Waals surface area contributed by atoms with Crippen LogP contribution in [0, 0.1) is 0 Å². The van der Waals surface area contributed by atoms with Crippen LogP contribution in [0.1, 0.15) is 18.1 Å². The molecule has 2 N–H and O–H groups in total. The molecule has 0 bridgehead atoms. The number of benzene rings is 2. The number of hydrogen-bond donors (Lipinski definition) is 2. The molecule has 2 aromatic carbocycles. The summed E-state index contributed by atoms with van der Waals surface area (Å²) < 4.78 is 0. The monoisotopic (exact) mass is 316 g/mol. The zero-order valence-electron chi connectivity index (χ0n) is 12.7. The zero-order valence-corrected chi connectivity index (χ0v) is 13.5. The van der Waals surface area contributed by atoms with E-state index in [2.05, 4.69) is 23.6 Å². The van der Waals surface area contributed by atoms with Crippen molar-refractivity contribution in [1.29, 1.82) is 0 Å². The molecule has 0 spiro atoms. The Morgan fingerprint density at radius 3 is 2.73 bits per heavy atom. The summed E-state index contributed by atoms with van der Waals surface area (Å²) in [6.07, 6.45) is 1.72. The molecule has 2 rings (SSSR count). The molecule has 0 aliphatic heterocycles. The molecule has 116 valence electrons. The molecule has 0 aromatic heterocycles. The van der Waals surface area contributed by atoms with Crippen molar-refractivity contribution in [3.63, 3.8) is 0 Å². The van der Waals surface area contributed by atoms with E-state index in [1.54, 1.807) is 0 Å². The first-order valence-electron chi connectivity index (χ1n) is 7.52. The first-order valence-corrected chi connectivity index (χ1v) is 7.89. The van der Waals surface area contributed by atoms with Crippen LogP contribution in [0.5, 0.6) is 0 Å². The first kappa shape index (κ1) is 16.4. The number of hydrogen-bond acceptors (Lipinski definition) is 2. The van der Waals surface area contributed by atoms with E-state index in [0.29, 0.717) is 6.54 Å². The number of para-hydroxylation sites is 1. The van der Waals surface area contributed by atoms with E-state index >= 15 is 0 Å². The van der Waals surface area contributed by atoms with Gasteiger partial charge in [-0.3, -0.25) is 4.79 Å². The van der Waals surface area contributed by atoms with Crippen LogP contribution in [0.25, 0.3) is 0 Å². The van der Waals surface area contributed by atoms with Gasteiger partial charge in [0.2, 0.25) is 5.91 Å². The third-order valence-corrected chi connectivity index (χ3v) is 3.70. The third-order valence-electron chi connectivity index (χ3n) is 3.46. The van der Waals surface area contributed by atoms with Crippen LogP contribution in [0.2, 0.25) is 5.02 Å². The van der Waals surface area contributed by atoms with Gasteiger partial charge in [-0.05, 0) is 42.2 Å². The molecule has 2 aromatic rings. The van der Waals surface area contributed by atoms with E-state index in [1.165, 1.54) is 5.56 Å². The van der Waals surface area contributed by atoms with Crippen LogP contribution in [0.15, 0.2) is 48.5 Å². The molecule has 1 amide bonds. The van der Waals surface area contributed by atoms with Crippen molar-refractivity contribution in [2.45, 2.75) is 19.8 Å². The predicted molar refractivity (Wildman–Crippen MR) is 92.5 cm³/mol. The molecular formula is C18H21ClN2O. The van der Waals surface area contributed by atoms with E-state index in [-0.39, 0.29) is 12.5 Å². The van der Waals surface area contributed by atoms with Crippen LogP contribution < -0.4 is 10.6 Å². The Morgan fingerprint density at radius 2 is 1.95 bits per heavy atom. The molecule has 22 heavy (non-hydrogen) atoms. The molecular weight excluding hydrogens is 296 g/mol. The number of carbonyl (C=O) groups excluding carboxylic acids is 1. The number of nitrogens with one attached hydrogen (secondary N) is 2. The van der Waals surface area contributed by atoms with Gasteiger partial charge in [0.05, 0.1) is 6.54 Å². The number of amides is 1. The Hall–Kier alpha value is -2.00. The first-order chi connectivity index (χ1) is 10.7. The lowest BCUT2D eigenvalue weighted by Crippen LogP contribution is -2.31. The molecule has 0 aliphatic rings. The van der Waals surface area contributed by atoms with Crippen molar-refractivity contribution in [1.82, 2.24) is 5.32 Å². The van der Waals surface area contributed by atoms with Gasteiger partial charge < -0.3 is 10.6 Å². The normalized spacial score (nSPS) is 10.3. The fourth-order valence-corrected chi connectivity index (χ4v) is 2.49. The third kappa shape index (κ3) is 5.08. The summed E-state index contributed by atoms with van der Waals surface area (Å²) in [7, 11) is 0. The Labute approximate surface area is 136 Å². The highest BCUT2D eigenvalue weighted by Crippen LogP contribution is 2.14. The molecule has 0 fully saturated rings. The lowest BCUT2D eigenvalue weighted by Gasteiger charge is -2.11. The zero-order chi connectivity index (χ0) is 15.8. The SMILES string of the molecule is CCc1ccccc1NCC(=O)NCCc1cccc(Cl)c1. The molecule has 0 atom stereocenters. The molecule has 0 radical (unpaired) electrons. The average molecular weight is 317 g/mol. The standard InChI is InChI=1S/C18H21ClN2O/c1-2-15-7-3-4-9-17(15)21-13-18(22)20-11-10-14-6-5-8-16(19)12-14/h3-9,12,21H,2,10-11,13H2,1H3,(H,20,22). The summed E-state index contributed by atoms with van der Waals surface area (Å²) in [5.74, 6) is -0.00654. The van der Waals surface area contributed by atoms with Crippen LogP contribution in [-0.2, 0) is 17.6 Å². The summed E-state index contributed by atoms with van der Waals surface area (Å²) in [6.45, 7) is 2.99. The van der Waals surface area contributed by atoms with Gasteiger partial charge >= 0.3 is 0 Å². The lowest BCUT2D eigenvalue weighted by atomic mass is 10.1. The van der Waals surface area contributed by atoms with Crippen LogP contribution in [0.3, 0.4) is 0 Å². The van der Waals surface area contributed by atoms with Crippen molar-refractivity contribution < 1.29 is 4.79 Å².